The van der Waals surface area contributed by atoms with Crippen molar-refractivity contribution >= 4 is 16.9 Å². The van der Waals surface area contributed by atoms with Gasteiger partial charge in [-0.15, -0.1) is 0 Å². The third-order valence-corrected chi connectivity index (χ3v) is 2.73. The standard InChI is InChI=1S/C10H19N3S/c1-5-8(2)6-9(3)13-10(14-4)12-7-11/h8-9H,5-6H2,1-4H3,(H,12,13). The molecule has 0 amide bonds. The lowest BCUT2D eigenvalue weighted by Crippen LogP contribution is -2.17. The molecular weight excluding hydrogens is 194 g/mol. The van der Waals surface area contributed by atoms with Gasteiger partial charge >= 0.3 is 0 Å². The fourth-order valence-corrected chi connectivity index (χ4v) is 1.62. The first-order valence-corrected chi connectivity index (χ1v) is 6.13. The van der Waals surface area contributed by atoms with Crippen molar-refractivity contribution in [1.29, 1.82) is 5.26 Å². The summed E-state index contributed by atoms with van der Waals surface area (Å²) in [5.74, 6) is 0.693. The number of nitriles is 1. The van der Waals surface area contributed by atoms with Gasteiger partial charge in [-0.1, -0.05) is 32.0 Å². The quantitative estimate of drug-likeness (QED) is 0.338. The van der Waals surface area contributed by atoms with Crippen LogP contribution in [0, 0.1) is 17.4 Å². The molecule has 2 atom stereocenters. The normalized spacial score (nSPS) is 15.8. The molecule has 0 aliphatic rings. The molecule has 0 aromatic carbocycles. The van der Waals surface area contributed by atoms with Crippen LogP contribution in [0.1, 0.15) is 33.6 Å². The molecule has 3 nitrogen and oxygen atoms in total. The molecule has 0 radical (unpaired) electrons. The number of nitrogens with zero attached hydrogens (tertiary/aromatic N) is 2. The summed E-state index contributed by atoms with van der Waals surface area (Å²) in [6.07, 6.45) is 6.06. The van der Waals surface area contributed by atoms with Crippen molar-refractivity contribution in [2.45, 2.75) is 39.7 Å². The Morgan fingerprint density at radius 3 is 2.64 bits per heavy atom. The zero-order valence-electron chi connectivity index (χ0n) is 9.37. The Balaban J connectivity index is 4.11. The minimum atomic E-state index is 0.285. The van der Waals surface area contributed by atoms with Gasteiger partial charge in [0.05, 0.1) is 6.04 Å². The van der Waals surface area contributed by atoms with Crippen molar-refractivity contribution in [1.82, 2.24) is 5.32 Å². The first-order chi connectivity index (χ1) is 6.63. The summed E-state index contributed by atoms with van der Waals surface area (Å²) in [4.78, 5) is 4.42. The SMILES string of the molecule is CCC(C)CC(C)N=C(NC#N)SC. The van der Waals surface area contributed by atoms with Crippen LogP contribution in [0.3, 0.4) is 0 Å². The highest BCUT2D eigenvalue weighted by atomic mass is 32.2. The van der Waals surface area contributed by atoms with Gasteiger partial charge in [0.2, 0.25) is 0 Å². The van der Waals surface area contributed by atoms with Crippen LogP contribution >= 0.6 is 11.8 Å². The summed E-state index contributed by atoms with van der Waals surface area (Å²) in [5.41, 5.74) is 0. The smallest absolute Gasteiger partial charge is 0.183 e. The molecule has 80 valence electrons. The molecule has 4 heteroatoms. The largest absolute Gasteiger partial charge is 0.272 e. The Hall–Kier alpha value is -0.690. The molecule has 0 saturated heterocycles. The molecule has 0 fully saturated rings. The minimum Gasteiger partial charge on any atom is -0.272 e. The molecule has 0 saturated carbocycles. The third kappa shape index (κ3) is 5.87. The second-order valence-corrected chi connectivity index (χ2v) is 4.27. The van der Waals surface area contributed by atoms with E-state index in [-0.39, 0.29) is 6.04 Å². The maximum absolute atomic E-state index is 8.45. The van der Waals surface area contributed by atoms with Gasteiger partial charge in [-0.2, -0.15) is 5.26 Å². The van der Waals surface area contributed by atoms with Crippen LogP contribution in [0.2, 0.25) is 0 Å². The fourth-order valence-electron chi connectivity index (χ4n) is 1.19. The van der Waals surface area contributed by atoms with Gasteiger partial charge in [0.1, 0.15) is 0 Å². The van der Waals surface area contributed by atoms with Crippen LogP contribution in [0.5, 0.6) is 0 Å². The van der Waals surface area contributed by atoms with E-state index in [1.807, 2.05) is 12.4 Å². The highest BCUT2D eigenvalue weighted by Crippen LogP contribution is 2.12. The molecule has 0 rings (SSSR count). The van der Waals surface area contributed by atoms with E-state index in [0.717, 1.165) is 6.42 Å². The molecule has 0 aromatic heterocycles. The van der Waals surface area contributed by atoms with E-state index in [4.69, 9.17) is 5.26 Å². The highest BCUT2D eigenvalue weighted by Gasteiger charge is 2.06. The second-order valence-electron chi connectivity index (χ2n) is 3.47. The van der Waals surface area contributed by atoms with Gasteiger partial charge in [0.15, 0.2) is 11.4 Å². The van der Waals surface area contributed by atoms with Crippen molar-refractivity contribution in [3.63, 3.8) is 0 Å². The summed E-state index contributed by atoms with van der Waals surface area (Å²) >= 11 is 1.47. The molecule has 0 aliphatic carbocycles. The molecule has 2 unspecified atom stereocenters. The van der Waals surface area contributed by atoms with Crippen molar-refractivity contribution in [3.05, 3.63) is 0 Å². The van der Waals surface area contributed by atoms with Crippen molar-refractivity contribution < 1.29 is 0 Å². The molecular formula is C10H19N3S. The number of hydrogen-bond acceptors (Lipinski definition) is 3. The summed E-state index contributed by atoms with van der Waals surface area (Å²) in [6, 6.07) is 0.285. The minimum absolute atomic E-state index is 0.285. The summed E-state index contributed by atoms with van der Waals surface area (Å²) in [5, 5.41) is 11.7. The fraction of sp³-hybridized carbons (Fsp3) is 0.800. The van der Waals surface area contributed by atoms with Gasteiger partial charge in [-0.05, 0) is 25.5 Å². The van der Waals surface area contributed by atoms with Crippen molar-refractivity contribution in [2.24, 2.45) is 10.9 Å². The molecule has 1 N–H and O–H groups in total. The first-order valence-electron chi connectivity index (χ1n) is 4.90. The number of thioether (sulfide) groups is 1. The van der Waals surface area contributed by atoms with E-state index in [1.165, 1.54) is 18.2 Å². The Morgan fingerprint density at radius 1 is 1.57 bits per heavy atom. The lowest BCUT2D eigenvalue weighted by Gasteiger charge is -2.12. The number of aliphatic imine (C=N–C) groups is 1. The predicted molar refractivity (Wildman–Crippen MR) is 63.2 cm³/mol. The highest BCUT2D eigenvalue weighted by molar-refractivity contribution is 8.13. The first kappa shape index (κ1) is 13.3. The van der Waals surface area contributed by atoms with E-state index >= 15 is 0 Å². The zero-order valence-corrected chi connectivity index (χ0v) is 10.2. The van der Waals surface area contributed by atoms with Crippen molar-refractivity contribution in [3.8, 4) is 6.19 Å². The number of amidine groups is 1. The Labute approximate surface area is 91.0 Å². The molecule has 0 spiro atoms. The van der Waals surface area contributed by atoms with Crippen LogP contribution in [-0.2, 0) is 0 Å². The van der Waals surface area contributed by atoms with E-state index in [2.05, 4.69) is 31.1 Å². The van der Waals surface area contributed by atoms with E-state index in [9.17, 15) is 0 Å². The van der Waals surface area contributed by atoms with Crippen LogP contribution in [0.15, 0.2) is 4.99 Å². The number of nitrogens with one attached hydrogen (secondary N) is 1. The van der Waals surface area contributed by atoms with Gasteiger partial charge in [0.25, 0.3) is 0 Å². The van der Waals surface area contributed by atoms with Gasteiger partial charge in [-0.3, -0.25) is 10.3 Å². The molecule has 14 heavy (non-hydrogen) atoms. The monoisotopic (exact) mass is 213 g/mol. The molecule has 0 heterocycles. The van der Waals surface area contributed by atoms with E-state index < -0.39 is 0 Å². The van der Waals surface area contributed by atoms with E-state index in [1.54, 1.807) is 0 Å². The lowest BCUT2D eigenvalue weighted by molar-refractivity contribution is 0.471. The van der Waals surface area contributed by atoms with Crippen LogP contribution < -0.4 is 5.32 Å². The average molecular weight is 213 g/mol. The van der Waals surface area contributed by atoms with Crippen molar-refractivity contribution in [2.75, 3.05) is 6.26 Å². The Kier molecular flexibility index (Phi) is 7.31. The Bertz CT molecular complexity index is 220. The lowest BCUT2D eigenvalue weighted by atomic mass is 10.0. The molecule has 0 bridgehead atoms. The van der Waals surface area contributed by atoms with Crippen LogP contribution in [0.25, 0.3) is 0 Å². The summed E-state index contributed by atoms with van der Waals surface area (Å²) in [7, 11) is 0. The Morgan fingerprint density at radius 2 is 2.21 bits per heavy atom. The summed E-state index contributed by atoms with van der Waals surface area (Å²) in [6.45, 7) is 6.49. The second kappa shape index (κ2) is 7.69. The zero-order chi connectivity index (χ0) is 11.0. The molecule has 0 aromatic rings. The van der Waals surface area contributed by atoms with Gasteiger partial charge in [-0.25, -0.2) is 0 Å². The van der Waals surface area contributed by atoms with Gasteiger partial charge < -0.3 is 0 Å². The predicted octanol–water partition coefficient (Wildman–Crippen LogP) is 2.60. The van der Waals surface area contributed by atoms with E-state index in [0.29, 0.717) is 11.1 Å². The number of rotatable bonds is 4. The molecule has 0 aliphatic heterocycles. The van der Waals surface area contributed by atoms with Gasteiger partial charge in [0, 0.05) is 0 Å². The van der Waals surface area contributed by atoms with Crippen LogP contribution in [-0.4, -0.2) is 17.5 Å². The maximum atomic E-state index is 8.45. The van der Waals surface area contributed by atoms with Crippen LogP contribution in [0.4, 0.5) is 0 Å². The topological polar surface area (TPSA) is 48.2 Å². The maximum Gasteiger partial charge on any atom is 0.183 e. The third-order valence-electron chi connectivity index (χ3n) is 2.13. The summed E-state index contributed by atoms with van der Waals surface area (Å²) < 4.78 is 0. The number of hydrogen-bond donors (Lipinski definition) is 1. The average Bonchev–Trinajstić information content (AvgIpc) is 2.16.